The number of carbonyl (C=O) groups is 2. The summed E-state index contributed by atoms with van der Waals surface area (Å²) in [5, 5.41) is 12.7. The van der Waals surface area contributed by atoms with Gasteiger partial charge in [-0.1, -0.05) is 74.3 Å². The van der Waals surface area contributed by atoms with Crippen molar-refractivity contribution >= 4 is 23.4 Å². The molecule has 0 amide bonds. The molecule has 1 aliphatic rings. The second-order valence-electron chi connectivity index (χ2n) is 8.66. The fourth-order valence-corrected chi connectivity index (χ4v) is 4.37. The van der Waals surface area contributed by atoms with Gasteiger partial charge in [-0.05, 0) is 61.9 Å². The first kappa shape index (κ1) is 25.1. The summed E-state index contributed by atoms with van der Waals surface area (Å²) in [5.41, 5.74) is 2.50. The summed E-state index contributed by atoms with van der Waals surface area (Å²) in [6.45, 7) is 6.06. The van der Waals surface area contributed by atoms with Gasteiger partial charge in [0.1, 0.15) is 5.54 Å². The summed E-state index contributed by atoms with van der Waals surface area (Å²) in [4.78, 5) is 22.9. The molecule has 1 aliphatic carbocycles. The van der Waals surface area contributed by atoms with Gasteiger partial charge in [-0.3, -0.25) is 9.59 Å². The molecule has 168 valence electrons. The third-order valence-corrected chi connectivity index (χ3v) is 6.27. The van der Waals surface area contributed by atoms with Crippen LogP contribution in [0.4, 0.5) is 0 Å². The standard InChI is InChI=1S/C13H16ClNO.C13H18O2/c1-15-13(9-5-4-8-12(13)16)10-6-2-3-7-11(10)14;1-9(2)8-11-4-6-12(7-5-11)10(3)13(14)15/h2-3,6-7,15H,4-5,8-9H2,1H3;4-7,9-10H,8H2,1-3H3,(H,14,15). The molecule has 2 aromatic carbocycles. The van der Waals surface area contributed by atoms with Gasteiger partial charge >= 0.3 is 5.97 Å². The summed E-state index contributed by atoms with van der Waals surface area (Å²) < 4.78 is 0. The Hall–Kier alpha value is -2.17. The maximum atomic E-state index is 12.2. The van der Waals surface area contributed by atoms with Crippen molar-refractivity contribution in [3.63, 3.8) is 0 Å². The van der Waals surface area contributed by atoms with Crippen molar-refractivity contribution in [2.75, 3.05) is 7.05 Å². The maximum Gasteiger partial charge on any atom is 0.310 e. The minimum absolute atomic E-state index is 0.259. The van der Waals surface area contributed by atoms with E-state index < -0.39 is 17.4 Å². The van der Waals surface area contributed by atoms with Gasteiger partial charge in [0.2, 0.25) is 0 Å². The number of halogens is 1. The minimum Gasteiger partial charge on any atom is -0.481 e. The number of ketones is 1. The molecule has 0 radical (unpaired) electrons. The average molecular weight is 444 g/mol. The lowest BCUT2D eigenvalue weighted by molar-refractivity contribution is -0.138. The summed E-state index contributed by atoms with van der Waals surface area (Å²) in [5.74, 6) is -0.299. The predicted octanol–water partition coefficient (Wildman–Crippen LogP) is 5.97. The Labute approximate surface area is 191 Å². The molecule has 5 heteroatoms. The van der Waals surface area contributed by atoms with E-state index in [1.54, 1.807) is 6.92 Å². The first-order valence-electron chi connectivity index (χ1n) is 11.0. The van der Waals surface area contributed by atoms with E-state index in [2.05, 4.69) is 19.2 Å². The number of carboxylic acid groups (broad SMARTS) is 1. The van der Waals surface area contributed by atoms with Crippen LogP contribution in [0.1, 0.15) is 69.1 Å². The van der Waals surface area contributed by atoms with E-state index >= 15 is 0 Å². The van der Waals surface area contributed by atoms with Gasteiger partial charge in [-0.2, -0.15) is 0 Å². The Morgan fingerprint density at radius 1 is 1.10 bits per heavy atom. The van der Waals surface area contributed by atoms with Crippen LogP contribution in [-0.4, -0.2) is 23.9 Å². The largest absolute Gasteiger partial charge is 0.481 e. The lowest BCUT2D eigenvalue weighted by Gasteiger charge is -2.36. The Balaban J connectivity index is 0.000000221. The number of carboxylic acids is 1. The Bertz CT molecular complexity index is 878. The van der Waals surface area contributed by atoms with Gasteiger partial charge in [0.15, 0.2) is 5.78 Å². The van der Waals surface area contributed by atoms with Crippen molar-refractivity contribution in [1.29, 1.82) is 0 Å². The molecule has 0 heterocycles. The van der Waals surface area contributed by atoms with Crippen LogP contribution in [0.3, 0.4) is 0 Å². The second-order valence-corrected chi connectivity index (χ2v) is 9.07. The van der Waals surface area contributed by atoms with Crippen LogP contribution in [0.25, 0.3) is 0 Å². The van der Waals surface area contributed by atoms with E-state index in [0.717, 1.165) is 36.8 Å². The van der Waals surface area contributed by atoms with E-state index in [-0.39, 0.29) is 5.78 Å². The number of likely N-dealkylation sites (N-methyl/N-ethyl adjacent to an activating group) is 1. The van der Waals surface area contributed by atoms with Gasteiger partial charge in [-0.25, -0.2) is 0 Å². The normalized spacial score (nSPS) is 19.5. The topological polar surface area (TPSA) is 66.4 Å². The third kappa shape index (κ3) is 6.41. The molecule has 0 saturated heterocycles. The van der Waals surface area contributed by atoms with E-state index in [9.17, 15) is 9.59 Å². The second kappa shape index (κ2) is 11.4. The van der Waals surface area contributed by atoms with Crippen LogP contribution in [0, 0.1) is 5.92 Å². The zero-order chi connectivity index (χ0) is 23.0. The van der Waals surface area contributed by atoms with Crippen LogP contribution in [0.2, 0.25) is 5.02 Å². The zero-order valence-corrected chi connectivity index (χ0v) is 19.7. The molecular formula is C26H34ClNO3. The molecule has 0 aliphatic heterocycles. The Kier molecular flexibility index (Phi) is 9.27. The maximum absolute atomic E-state index is 12.2. The molecule has 1 saturated carbocycles. The highest BCUT2D eigenvalue weighted by atomic mass is 35.5. The van der Waals surface area contributed by atoms with Gasteiger partial charge in [-0.15, -0.1) is 0 Å². The molecule has 3 rings (SSSR count). The van der Waals surface area contributed by atoms with Crippen LogP contribution < -0.4 is 5.32 Å². The van der Waals surface area contributed by atoms with Gasteiger partial charge in [0.25, 0.3) is 0 Å². The van der Waals surface area contributed by atoms with Crippen molar-refractivity contribution in [2.24, 2.45) is 5.92 Å². The van der Waals surface area contributed by atoms with E-state index in [0.29, 0.717) is 17.4 Å². The molecule has 4 nitrogen and oxygen atoms in total. The summed E-state index contributed by atoms with van der Waals surface area (Å²) in [6, 6.07) is 15.5. The van der Waals surface area contributed by atoms with Gasteiger partial charge in [0, 0.05) is 11.4 Å². The number of benzene rings is 2. The Morgan fingerprint density at radius 3 is 2.26 bits per heavy atom. The van der Waals surface area contributed by atoms with Crippen molar-refractivity contribution < 1.29 is 14.7 Å². The fourth-order valence-electron chi connectivity index (χ4n) is 4.08. The van der Waals surface area contributed by atoms with Crippen molar-refractivity contribution in [3.05, 3.63) is 70.2 Å². The number of rotatable bonds is 6. The zero-order valence-electron chi connectivity index (χ0n) is 19.0. The van der Waals surface area contributed by atoms with Crippen LogP contribution in [-0.2, 0) is 21.5 Å². The van der Waals surface area contributed by atoms with E-state index in [1.807, 2.05) is 55.6 Å². The van der Waals surface area contributed by atoms with Gasteiger partial charge < -0.3 is 10.4 Å². The summed E-state index contributed by atoms with van der Waals surface area (Å²) in [6.07, 6.45) is 4.59. The number of nitrogens with one attached hydrogen (secondary N) is 1. The van der Waals surface area contributed by atoms with E-state index in [1.165, 1.54) is 5.56 Å². The van der Waals surface area contributed by atoms with E-state index in [4.69, 9.17) is 16.7 Å². The Morgan fingerprint density at radius 2 is 1.74 bits per heavy atom. The fraction of sp³-hybridized carbons (Fsp3) is 0.462. The molecule has 2 unspecified atom stereocenters. The molecule has 1 fully saturated rings. The van der Waals surface area contributed by atoms with Crippen LogP contribution in [0.5, 0.6) is 0 Å². The van der Waals surface area contributed by atoms with Crippen molar-refractivity contribution in [2.45, 2.75) is 64.3 Å². The highest BCUT2D eigenvalue weighted by Crippen LogP contribution is 2.37. The highest BCUT2D eigenvalue weighted by molar-refractivity contribution is 6.31. The quantitative estimate of drug-likeness (QED) is 0.577. The lowest BCUT2D eigenvalue weighted by atomic mass is 9.75. The number of hydrogen-bond acceptors (Lipinski definition) is 3. The first-order chi connectivity index (χ1) is 14.7. The summed E-state index contributed by atoms with van der Waals surface area (Å²) in [7, 11) is 1.84. The summed E-state index contributed by atoms with van der Waals surface area (Å²) >= 11 is 6.20. The highest BCUT2D eigenvalue weighted by Gasteiger charge is 2.41. The smallest absolute Gasteiger partial charge is 0.310 e. The number of carbonyl (C=O) groups excluding carboxylic acids is 1. The first-order valence-corrected chi connectivity index (χ1v) is 11.4. The lowest BCUT2D eigenvalue weighted by Crippen LogP contribution is -2.49. The number of Topliss-reactive ketones (excluding diaryl/α,β-unsaturated/α-hetero) is 1. The molecule has 2 aromatic rings. The van der Waals surface area contributed by atoms with Crippen LogP contribution >= 0.6 is 11.6 Å². The predicted molar refractivity (Wildman–Crippen MR) is 127 cm³/mol. The molecular weight excluding hydrogens is 410 g/mol. The minimum atomic E-state index is -0.772. The molecule has 0 spiro atoms. The molecule has 0 bridgehead atoms. The molecule has 2 atom stereocenters. The number of hydrogen-bond donors (Lipinski definition) is 2. The SMILES string of the molecule is CC(C)Cc1ccc(C(C)C(=O)O)cc1.CNC1(c2ccccc2Cl)CCCCC1=O. The molecule has 31 heavy (non-hydrogen) atoms. The molecule has 2 N–H and O–H groups in total. The average Bonchev–Trinajstić information content (AvgIpc) is 2.75. The molecule has 0 aromatic heterocycles. The number of aliphatic carboxylic acids is 1. The monoisotopic (exact) mass is 443 g/mol. The van der Waals surface area contributed by atoms with Crippen molar-refractivity contribution in [1.82, 2.24) is 5.32 Å². The van der Waals surface area contributed by atoms with Crippen molar-refractivity contribution in [3.8, 4) is 0 Å². The van der Waals surface area contributed by atoms with Crippen LogP contribution in [0.15, 0.2) is 48.5 Å². The van der Waals surface area contributed by atoms with Gasteiger partial charge in [0.05, 0.1) is 5.92 Å². The third-order valence-electron chi connectivity index (χ3n) is 5.94.